The van der Waals surface area contributed by atoms with Gasteiger partial charge < -0.3 is 19.9 Å². The van der Waals surface area contributed by atoms with Crippen LogP contribution in [0.1, 0.15) is 54.3 Å². The lowest BCUT2D eigenvalue weighted by atomic mass is 10.0. The average molecular weight is 408 g/mol. The van der Waals surface area contributed by atoms with Crippen molar-refractivity contribution in [3.8, 4) is 0 Å². The van der Waals surface area contributed by atoms with E-state index in [4.69, 9.17) is 4.74 Å². The Kier molecular flexibility index (Phi) is 5.93. The second-order valence-corrected chi connectivity index (χ2v) is 7.77. The number of nitrogens with zero attached hydrogens (tertiary/aromatic N) is 2. The van der Waals surface area contributed by atoms with Crippen LogP contribution in [0.4, 0.5) is 10.5 Å². The van der Waals surface area contributed by atoms with E-state index in [1.165, 1.54) is 5.56 Å². The van der Waals surface area contributed by atoms with Crippen LogP contribution in [-0.4, -0.2) is 47.5 Å². The third-order valence-electron chi connectivity index (χ3n) is 6.07. The molecule has 2 aliphatic rings. The SMILES string of the molecule is CCOC(=O)N1CCC(N2C(=O)c3ccccc3[C@@H]2Nc2ccccc2CC)CC1. The monoisotopic (exact) mass is 407 g/mol. The molecule has 0 spiro atoms. The molecule has 30 heavy (non-hydrogen) atoms. The highest BCUT2D eigenvalue weighted by Crippen LogP contribution is 2.38. The number of rotatable bonds is 5. The van der Waals surface area contributed by atoms with Gasteiger partial charge in [-0.2, -0.15) is 0 Å². The van der Waals surface area contributed by atoms with E-state index in [-0.39, 0.29) is 24.2 Å². The summed E-state index contributed by atoms with van der Waals surface area (Å²) in [5, 5.41) is 3.65. The number of carbonyl (C=O) groups is 2. The van der Waals surface area contributed by atoms with E-state index in [0.717, 1.165) is 36.1 Å². The smallest absolute Gasteiger partial charge is 0.409 e. The highest BCUT2D eigenvalue weighted by Gasteiger charge is 2.42. The molecule has 1 fully saturated rings. The first-order chi connectivity index (χ1) is 14.6. The summed E-state index contributed by atoms with van der Waals surface area (Å²) in [6.07, 6.45) is 1.93. The van der Waals surface area contributed by atoms with Crippen molar-refractivity contribution in [1.29, 1.82) is 0 Å². The lowest BCUT2D eigenvalue weighted by Gasteiger charge is -2.39. The zero-order valence-electron chi connectivity index (χ0n) is 17.6. The van der Waals surface area contributed by atoms with Gasteiger partial charge in [-0.25, -0.2) is 4.79 Å². The number of hydrogen-bond acceptors (Lipinski definition) is 4. The van der Waals surface area contributed by atoms with E-state index in [0.29, 0.717) is 19.7 Å². The van der Waals surface area contributed by atoms with Gasteiger partial charge in [-0.05, 0) is 43.9 Å². The molecule has 6 nitrogen and oxygen atoms in total. The van der Waals surface area contributed by atoms with Crippen molar-refractivity contribution in [3.63, 3.8) is 0 Å². The van der Waals surface area contributed by atoms with Gasteiger partial charge in [-0.15, -0.1) is 0 Å². The van der Waals surface area contributed by atoms with Gasteiger partial charge in [0.15, 0.2) is 0 Å². The summed E-state index contributed by atoms with van der Waals surface area (Å²) in [5.74, 6) is 0.0617. The molecule has 4 rings (SSSR count). The second kappa shape index (κ2) is 8.78. The van der Waals surface area contributed by atoms with Gasteiger partial charge in [0.2, 0.25) is 0 Å². The van der Waals surface area contributed by atoms with Crippen molar-refractivity contribution in [2.24, 2.45) is 0 Å². The van der Waals surface area contributed by atoms with E-state index in [9.17, 15) is 9.59 Å². The minimum absolute atomic E-state index is 0.0617. The Balaban J connectivity index is 1.58. The fourth-order valence-electron chi connectivity index (χ4n) is 4.52. The number of ether oxygens (including phenoxy) is 1. The maximum Gasteiger partial charge on any atom is 0.409 e. The van der Waals surface area contributed by atoms with Gasteiger partial charge in [0, 0.05) is 35.9 Å². The number of benzene rings is 2. The Morgan fingerprint density at radius 1 is 1.07 bits per heavy atom. The number of anilines is 1. The van der Waals surface area contributed by atoms with Crippen molar-refractivity contribution >= 4 is 17.7 Å². The number of nitrogens with one attached hydrogen (secondary N) is 1. The molecule has 0 bridgehead atoms. The van der Waals surface area contributed by atoms with Crippen molar-refractivity contribution in [2.75, 3.05) is 25.0 Å². The van der Waals surface area contributed by atoms with E-state index in [2.05, 4.69) is 24.4 Å². The summed E-state index contributed by atoms with van der Waals surface area (Å²) < 4.78 is 5.13. The lowest BCUT2D eigenvalue weighted by molar-refractivity contribution is 0.0496. The Morgan fingerprint density at radius 3 is 2.50 bits per heavy atom. The van der Waals surface area contributed by atoms with Crippen LogP contribution in [0.25, 0.3) is 0 Å². The highest BCUT2D eigenvalue weighted by molar-refractivity contribution is 5.99. The van der Waals surface area contributed by atoms with Crippen LogP contribution in [0, 0.1) is 0 Å². The molecular weight excluding hydrogens is 378 g/mol. The number of aryl methyl sites for hydroxylation is 1. The molecule has 1 atom stereocenters. The molecule has 2 amide bonds. The first kappa shape index (κ1) is 20.3. The van der Waals surface area contributed by atoms with Gasteiger partial charge in [0.05, 0.1) is 6.61 Å². The summed E-state index contributed by atoms with van der Waals surface area (Å²) in [5.41, 5.74) is 4.06. The third kappa shape index (κ3) is 3.74. The molecular formula is C24H29N3O3. The van der Waals surface area contributed by atoms with Crippen molar-refractivity contribution in [2.45, 2.75) is 45.3 Å². The number of amides is 2. The topological polar surface area (TPSA) is 61.9 Å². The second-order valence-electron chi connectivity index (χ2n) is 7.77. The predicted molar refractivity (Wildman–Crippen MR) is 116 cm³/mol. The van der Waals surface area contributed by atoms with Gasteiger partial charge in [0.25, 0.3) is 5.91 Å². The Bertz CT molecular complexity index is 921. The zero-order valence-corrected chi connectivity index (χ0v) is 17.6. The third-order valence-corrected chi connectivity index (χ3v) is 6.07. The van der Waals surface area contributed by atoms with Gasteiger partial charge >= 0.3 is 6.09 Å². The van der Waals surface area contributed by atoms with Crippen molar-refractivity contribution in [3.05, 3.63) is 65.2 Å². The summed E-state index contributed by atoms with van der Waals surface area (Å²) in [7, 11) is 0. The molecule has 1 saturated heterocycles. The summed E-state index contributed by atoms with van der Waals surface area (Å²) in [6.45, 7) is 5.53. The average Bonchev–Trinajstić information content (AvgIpc) is 3.06. The molecule has 0 saturated carbocycles. The minimum Gasteiger partial charge on any atom is -0.450 e. The fourth-order valence-corrected chi connectivity index (χ4v) is 4.52. The number of fused-ring (bicyclic) bond motifs is 1. The molecule has 2 aliphatic heterocycles. The fraction of sp³-hybridized carbons (Fsp3) is 0.417. The van der Waals surface area contributed by atoms with Gasteiger partial charge in [0.1, 0.15) is 6.17 Å². The maximum atomic E-state index is 13.3. The molecule has 1 N–H and O–H groups in total. The summed E-state index contributed by atoms with van der Waals surface area (Å²) in [4.78, 5) is 29.1. The van der Waals surface area contributed by atoms with Crippen molar-refractivity contribution < 1.29 is 14.3 Å². The van der Waals surface area contributed by atoms with Crippen LogP contribution >= 0.6 is 0 Å². The van der Waals surface area contributed by atoms with E-state index in [1.807, 2.05) is 48.2 Å². The molecule has 2 heterocycles. The molecule has 6 heteroatoms. The number of hydrogen-bond donors (Lipinski definition) is 1. The first-order valence-electron chi connectivity index (χ1n) is 10.8. The molecule has 0 aliphatic carbocycles. The molecule has 0 unspecified atom stereocenters. The number of likely N-dealkylation sites (tertiary alicyclic amines) is 1. The highest BCUT2D eigenvalue weighted by atomic mass is 16.6. The maximum absolute atomic E-state index is 13.3. The van der Waals surface area contributed by atoms with E-state index in [1.54, 1.807) is 4.90 Å². The molecule has 0 aromatic heterocycles. The van der Waals surface area contributed by atoms with E-state index >= 15 is 0 Å². The zero-order chi connectivity index (χ0) is 21.1. The van der Waals surface area contributed by atoms with E-state index < -0.39 is 0 Å². The van der Waals surface area contributed by atoms with Crippen LogP contribution < -0.4 is 5.32 Å². The summed E-state index contributed by atoms with van der Waals surface area (Å²) in [6, 6.07) is 16.2. The quantitative estimate of drug-likeness (QED) is 0.796. The number of piperidine rings is 1. The Morgan fingerprint density at radius 2 is 1.77 bits per heavy atom. The Labute approximate surface area is 177 Å². The standard InChI is InChI=1S/C24H29N3O3/c1-3-17-9-5-8-12-21(17)25-22-19-10-6-7-11-20(19)23(28)27(22)18-13-15-26(16-14-18)24(29)30-4-2/h5-12,18,22,25H,3-4,13-16H2,1-2H3/t22-/m1/s1. The van der Waals surface area contributed by atoms with Crippen LogP contribution in [-0.2, 0) is 11.2 Å². The van der Waals surface area contributed by atoms with Crippen LogP contribution in [0.15, 0.2) is 48.5 Å². The van der Waals surface area contributed by atoms with Crippen LogP contribution in [0.2, 0.25) is 0 Å². The molecule has 2 aromatic carbocycles. The predicted octanol–water partition coefficient (Wildman–Crippen LogP) is 4.44. The lowest BCUT2D eigenvalue weighted by Crippen LogP contribution is -2.49. The van der Waals surface area contributed by atoms with Crippen LogP contribution in [0.5, 0.6) is 0 Å². The first-order valence-corrected chi connectivity index (χ1v) is 10.8. The Hall–Kier alpha value is -3.02. The molecule has 158 valence electrons. The van der Waals surface area contributed by atoms with Gasteiger partial charge in [-0.3, -0.25) is 4.79 Å². The molecule has 0 radical (unpaired) electrons. The largest absolute Gasteiger partial charge is 0.450 e. The summed E-state index contributed by atoms with van der Waals surface area (Å²) >= 11 is 0. The number of carbonyl (C=O) groups excluding carboxylic acids is 2. The van der Waals surface area contributed by atoms with Gasteiger partial charge in [-0.1, -0.05) is 43.3 Å². The molecule has 2 aromatic rings. The number of para-hydroxylation sites is 1. The van der Waals surface area contributed by atoms with Crippen LogP contribution in [0.3, 0.4) is 0 Å². The minimum atomic E-state index is -0.265. The van der Waals surface area contributed by atoms with Crippen molar-refractivity contribution in [1.82, 2.24) is 9.80 Å². The normalized spacial score (nSPS) is 19.0.